The van der Waals surface area contributed by atoms with Crippen LogP contribution in [0.15, 0.2) is 17.1 Å². The first-order valence-electron chi connectivity index (χ1n) is 17.6. The van der Waals surface area contributed by atoms with E-state index < -0.39 is 18.4 Å². The van der Waals surface area contributed by atoms with E-state index in [0.29, 0.717) is 5.75 Å². The summed E-state index contributed by atoms with van der Waals surface area (Å²) in [5.74, 6) is 1.98. The third-order valence-electron chi connectivity index (χ3n) is 9.34. The highest BCUT2D eigenvalue weighted by Gasteiger charge is 2.35. The van der Waals surface area contributed by atoms with Gasteiger partial charge in [0.05, 0.1) is 6.42 Å². The van der Waals surface area contributed by atoms with Gasteiger partial charge >= 0.3 is 11.9 Å². The summed E-state index contributed by atoms with van der Waals surface area (Å²) in [6, 6.07) is 0. The Balaban J connectivity index is 0.00000112. The number of nitrogens with zero attached hydrogens (tertiary/aromatic N) is 2. The Morgan fingerprint density at radius 1 is 0.979 bits per heavy atom. The maximum absolute atomic E-state index is 12.5. The summed E-state index contributed by atoms with van der Waals surface area (Å²) >= 11 is 0. The first-order valence-corrected chi connectivity index (χ1v) is 17.6. The van der Waals surface area contributed by atoms with Crippen LogP contribution < -0.4 is 20.9 Å². The van der Waals surface area contributed by atoms with E-state index in [0.717, 1.165) is 71.4 Å². The van der Waals surface area contributed by atoms with Crippen LogP contribution in [0.1, 0.15) is 128 Å². The third-order valence-corrected chi connectivity index (χ3v) is 9.34. The first kappa shape index (κ1) is 42.5. The van der Waals surface area contributed by atoms with Gasteiger partial charge in [-0.3, -0.25) is 10.2 Å². The molecular weight excluding hydrogens is 606 g/mol. The molecule has 0 aliphatic carbocycles. The number of carboxylic acid groups (broad SMARTS) is 1. The number of fused-ring (bicyclic) bond motifs is 1. The highest BCUT2D eigenvalue weighted by molar-refractivity contribution is 5.94. The van der Waals surface area contributed by atoms with Crippen molar-refractivity contribution < 1.29 is 24.2 Å². The molecule has 1 heterocycles. The number of nitrogens with one attached hydrogen (secondary N) is 1. The summed E-state index contributed by atoms with van der Waals surface area (Å²) in [4.78, 5) is 28.4. The quantitative estimate of drug-likeness (QED) is 0.0454. The Morgan fingerprint density at radius 2 is 1.52 bits per heavy atom. The first-order chi connectivity index (χ1) is 22.3. The van der Waals surface area contributed by atoms with Crippen LogP contribution >= 0.6 is 0 Å². The molecule has 0 amide bonds. The average molecular weight is 672 g/mol. The van der Waals surface area contributed by atoms with Crippen molar-refractivity contribution in [1.82, 2.24) is 4.90 Å². The van der Waals surface area contributed by atoms with Gasteiger partial charge in [-0.05, 0) is 87.8 Å². The summed E-state index contributed by atoms with van der Waals surface area (Å²) in [7, 11) is 3.38. The summed E-state index contributed by atoms with van der Waals surface area (Å²) in [6.45, 7) is 21.1. The van der Waals surface area contributed by atoms with Crippen molar-refractivity contribution in [3.8, 4) is 11.5 Å². The number of carbonyl (C=O) groups is 2. The molecule has 2 rings (SSSR count). The topological polar surface area (TPSA) is 164 Å². The number of hydrogen-bond acceptors (Lipinski definition) is 5. The van der Waals surface area contributed by atoms with Crippen molar-refractivity contribution in [3.63, 3.8) is 0 Å². The van der Waals surface area contributed by atoms with Crippen molar-refractivity contribution in [1.29, 1.82) is 5.41 Å². The lowest BCUT2D eigenvalue weighted by Gasteiger charge is -2.38. The lowest BCUT2D eigenvalue weighted by molar-refractivity contribution is -0.138. The van der Waals surface area contributed by atoms with Crippen LogP contribution in [0.3, 0.4) is 0 Å². The molecule has 0 fully saturated rings. The minimum atomic E-state index is -1.10. The number of benzene rings is 1. The van der Waals surface area contributed by atoms with Gasteiger partial charge in [0.15, 0.2) is 5.96 Å². The SMILES string of the molecule is C=C(CC(=O)O)C(=O)Oc1c(C)c(C)c2c(c1C)CCC(C)(CCCC(C)CCCC(C)CCCC(C)C)O2.CN(C)C(=N)N=C(N)N. The molecule has 1 aliphatic rings. The van der Waals surface area contributed by atoms with Crippen LogP contribution in [0.2, 0.25) is 0 Å². The zero-order chi connectivity index (χ0) is 36.8. The summed E-state index contributed by atoms with van der Waals surface area (Å²) in [6.07, 6.45) is 12.9. The van der Waals surface area contributed by atoms with E-state index in [9.17, 15) is 9.59 Å². The van der Waals surface area contributed by atoms with Crippen molar-refractivity contribution >= 4 is 23.9 Å². The maximum Gasteiger partial charge on any atom is 0.339 e. The standard InChI is InChI=1S/C34H54O5.C4H11N5/c1-22(2)13-10-14-23(3)15-11-16-24(4)17-12-19-34(9)20-18-29-28(8)31(26(6)27(7)32(29)39-34)38-33(37)25(5)21-30(35)36;1-9(2)4(7)8-3(5)6/h22-24H,5,10-21H2,1-4,6-9H3,(H,35,36);1-2H3,(H5,5,6,7,8). The van der Waals surface area contributed by atoms with Crippen LogP contribution in [-0.2, 0) is 16.0 Å². The molecule has 10 heteroatoms. The maximum atomic E-state index is 12.5. The number of aliphatic carboxylic acids is 1. The lowest BCUT2D eigenvalue weighted by Crippen LogP contribution is -2.37. The van der Waals surface area contributed by atoms with Gasteiger partial charge < -0.3 is 30.9 Å². The Labute approximate surface area is 290 Å². The lowest BCUT2D eigenvalue weighted by atomic mass is 9.83. The Kier molecular flexibility index (Phi) is 17.8. The molecule has 48 heavy (non-hydrogen) atoms. The second-order valence-corrected chi connectivity index (χ2v) is 14.7. The number of guanidine groups is 2. The molecule has 3 unspecified atom stereocenters. The fraction of sp³-hybridized carbons (Fsp3) is 0.684. The molecule has 6 N–H and O–H groups in total. The molecule has 1 aliphatic heterocycles. The van der Waals surface area contributed by atoms with E-state index in [2.05, 4.69) is 46.2 Å². The molecule has 0 spiro atoms. The number of rotatable bonds is 16. The minimum Gasteiger partial charge on any atom is -0.487 e. The number of carboxylic acids is 1. The number of aliphatic imine (C=N–C) groups is 1. The highest BCUT2D eigenvalue weighted by atomic mass is 16.5. The molecule has 3 atom stereocenters. The van der Waals surface area contributed by atoms with Gasteiger partial charge in [-0.15, -0.1) is 0 Å². The van der Waals surface area contributed by atoms with Crippen LogP contribution in [-0.4, -0.2) is 53.6 Å². The van der Waals surface area contributed by atoms with Gasteiger partial charge in [0.25, 0.3) is 0 Å². The normalized spacial score (nSPS) is 16.4. The monoisotopic (exact) mass is 671 g/mol. The second-order valence-electron chi connectivity index (χ2n) is 14.7. The minimum absolute atomic E-state index is 0.0509. The predicted molar refractivity (Wildman–Crippen MR) is 197 cm³/mol. The fourth-order valence-electron chi connectivity index (χ4n) is 6.06. The number of carbonyl (C=O) groups excluding carboxylic acids is 1. The van der Waals surface area contributed by atoms with Crippen molar-refractivity contribution in [2.24, 2.45) is 34.2 Å². The molecular formula is C38H65N5O5. The van der Waals surface area contributed by atoms with Crippen LogP contribution in [0, 0.1) is 43.9 Å². The van der Waals surface area contributed by atoms with Crippen LogP contribution in [0.5, 0.6) is 11.5 Å². The third kappa shape index (κ3) is 14.7. The fourth-order valence-corrected chi connectivity index (χ4v) is 6.06. The van der Waals surface area contributed by atoms with Crippen molar-refractivity contribution in [2.45, 2.75) is 138 Å². The van der Waals surface area contributed by atoms with Gasteiger partial charge in [0.2, 0.25) is 5.96 Å². The molecule has 0 radical (unpaired) electrons. The van der Waals surface area contributed by atoms with E-state index >= 15 is 0 Å². The molecule has 0 saturated heterocycles. The highest BCUT2D eigenvalue weighted by Crippen LogP contribution is 2.45. The Bertz CT molecular complexity index is 1280. The van der Waals surface area contributed by atoms with E-state index in [1.54, 1.807) is 14.1 Å². The van der Waals surface area contributed by atoms with Gasteiger partial charge in [-0.1, -0.05) is 79.2 Å². The number of esters is 1. The predicted octanol–water partition coefficient (Wildman–Crippen LogP) is 7.83. The van der Waals surface area contributed by atoms with E-state index in [-0.39, 0.29) is 23.1 Å². The van der Waals surface area contributed by atoms with E-state index in [1.165, 1.54) is 49.8 Å². The van der Waals surface area contributed by atoms with Crippen molar-refractivity contribution in [3.05, 3.63) is 34.4 Å². The van der Waals surface area contributed by atoms with Crippen molar-refractivity contribution in [2.75, 3.05) is 14.1 Å². The van der Waals surface area contributed by atoms with E-state index in [1.807, 2.05) is 20.8 Å². The van der Waals surface area contributed by atoms with Gasteiger partial charge in [0, 0.05) is 25.2 Å². The largest absolute Gasteiger partial charge is 0.487 e. The summed E-state index contributed by atoms with van der Waals surface area (Å²) < 4.78 is 12.3. The zero-order valence-electron chi connectivity index (χ0n) is 31.6. The Morgan fingerprint density at radius 3 is 2.00 bits per heavy atom. The van der Waals surface area contributed by atoms with Gasteiger partial charge in [-0.25, -0.2) is 4.79 Å². The second kappa shape index (κ2) is 20.1. The molecule has 1 aromatic rings. The smallest absolute Gasteiger partial charge is 0.339 e. The summed E-state index contributed by atoms with van der Waals surface area (Å²) in [5, 5.41) is 16.0. The average Bonchev–Trinajstić information content (AvgIpc) is 2.97. The molecule has 0 saturated carbocycles. The van der Waals surface area contributed by atoms with Crippen LogP contribution in [0.25, 0.3) is 0 Å². The van der Waals surface area contributed by atoms with Gasteiger partial charge in [-0.2, -0.15) is 4.99 Å². The van der Waals surface area contributed by atoms with Crippen LogP contribution in [0.4, 0.5) is 0 Å². The number of hydrogen-bond donors (Lipinski definition) is 4. The summed E-state index contributed by atoms with van der Waals surface area (Å²) in [5.41, 5.74) is 13.5. The number of ether oxygens (including phenoxy) is 2. The zero-order valence-corrected chi connectivity index (χ0v) is 31.6. The molecule has 272 valence electrons. The molecule has 0 bridgehead atoms. The van der Waals surface area contributed by atoms with E-state index in [4.69, 9.17) is 31.5 Å². The molecule has 1 aromatic carbocycles. The number of nitrogens with two attached hydrogens (primary N) is 2. The molecule has 10 nitrogen and oxygen atoms in total. The van der Waals surface area contributed by atoms with Gasteiger partial charge in [0.1, 0.15) is 17.1 Å². The Hall–Kier alpha value is -3.56. The molecule has 0 aromatic heterocycles.